The fourth-order valence-electron chi connectivity index (χ4n) is 3.69. The van der Waals surface area contributed by atoms with Gasteiger partial charge in [0.05, 0.1) is 6.61 Å². The zero-order chi connectivity index (χ0) is 20.4. The minimum atomic E-state index is -0.512. The van der Waals surface area contributed by atoms with Gasteiger partial charge in [-0.05, 0) is 39.3 Å². The third-order valence-electron chi connectivity index (χ3n) is 4.98. The van der Waals surface area contributed by atoms with E-state index in [9.17, 15) is 9.59 Å². The fraction of sp³-hybridized carbons (Fsp3) is 0.545. The standard InChI is InChI=1S/C22H29NO5/c1-5-26-19(24)14-16-15-22(27-18-9-7-6-8-17(16)18)10-12-23(13-11-22)20(25)28-21(2,3)4/h6-9,14H,5,10-13,15H2,1-4H3/b16-14+. The van der Waals surface area contributed by atoms with Crippen molar-refractivity contribution < 1.29 is 23.8 Å². The number of amides is 1. The van der Waals surface area contributed by atoms with E-state index in [2.05, 4.69) is 0 Å². The van der Waals surface area contributed by atoms with Gasteiger partial charge < -0.3 is 19.1 Å². The normalized spacial score (nSPS) is 19.7. The molecule has 0 atom stereocenters. The lowest BCUT2D eigenvalue weighted by Gasteiger charge is -2.45. The summed E-state index contributed by atoms with van der Waals surface area (Å²) >= 11 is 0. The van der Waals surface area contributed by atoms with E-state index in [1.54, 1.807) is 17.9 Å². The van der Waals surface area contributed by atoms with Gasteiger partial charge in [-0.2, -0.15) is 0 Å². The molecule has 1 saturated heterocycles. The Hall–Kier alpha value is -2.50. The summed E-state index contributed by atoms with van der Waals surface area (Å²) in [5.41, 5.74) is 0.912. The minimum Gasteiger partial charge on any atom is -0.486 e. The number of esters is 1. The molecule has 0 bridgehead atoms. The first-order valence-corrected chi connectivity index (χ1v) is 9.85. The van der Waals surface area contributed by atoms with Crippen LogP contribution in [0.2, 0.25) is 0 Å². The molecule has 1 spiro atoms. The van der Waals surface area contributed by atoms with Crippen molar-refractivity contribution in [2.45, 2.75) is 58.2 Å². The van der Waals surface area contributed by atoms with Crippen LogP contribution in [0.3, 0.4) is 0 Å². The zero-order valence-electron chi connectivity index (χ0n) is 17.1. The third kappa shape index (κ3) is 4.66. The van der Waals surface area contributed by atoms with Gasteiger partial charge in [0.1, 0.15) is 17.0 Å². The second kappa shape index (κ2) is 7.86. The van der Waals surface area contributed by atoms with Gasteiger partial charge in [-0.1, -0.05) is 18.2 Å². The maximum Gasteiger partial charge on any atom is 0.410 e. The summed E-state index contributed by atoms with van der Waals surface area (Å²) in [4.78, 5) is 26.1. The number of rotatable bonds is 2. The SMILES string of the molecule is CCOC(=O)/C=C1\CC2(CCN(C(=O)OC(C)(C)C)CC2)Oc2ccccc21. The molecule has 0 saturated carbocycles. The van der Waals surface area contributed by atoms with Gasteiger partial charge in [-0.3, -0.25) is 0 Å². The first-order valence-electron chi connectivity index (χ1n) is 9.85. The average molecular weight is 387 g/mol. The molecule has 0 radical (unpaired) electrons. The first kappa shape index (κ1) is 20.2. The highest BCUT2D eigenvalue weighted by Crippen LogP contribution is 2.44. The summed E-state index contributed by atoms with van der Waals surface area (Å²) in [6.07, 6.45) is 3.26. The van der Waals surface area contributed by atoms with Crippen LogP contribution in [-0.2, 0) is 14.3 Å². The predicted octanol–water partition coefficient (Wildman–Crippen LogP) is 4.19. The molecule has 6 heteroatoms. The predicted molar refractivity (Wildman–Crippen MR) is 106 cm³/mol. The molecule has 28 heavy (non-hydrogen) atoms. The number of nitrogens with zero attached hydrogens (tertiary/aromatic N) is 1. The van der Waals surface area contributed by atoms with Gasteiger partial charge in [-0.15, -0.1) is 0 Å². The van der Waals surface area contributed by atoms with E-state index < -0.39 is 11.2 Å². The molecule has 1 amide bonds. The topological polar surface area (TPSA) is 65.1 Å². The number of hydrogen-bond donors (Lipinski definition) is 0. The Morgan fingerprint density at radius 2 is 1.89 bits per heavy atom. The minimum absolute atomic E-state index is 0.291. The van der Waals surface area contributed by atoms with Crippen LogP contribution < -0.4 is 4.74 Å². The first-order chi connectivity index (χ1) is 13.2. The van der Waals surface area contributed by atoms with Crippen molar-refractivity contribution in [3.63, 3.8) is 0 Å². The van der Waals surface area contributed by atoms with Crippen LogP contribution in [0, 0.1) is 0 Å². The Morgan fingerprint density at radius 3 is 2.54 bits per heavy atom. The van der Waals surface area contributed by atoms with Crippen LogP contribution >= 0.6 is 0 Å². The smallest absolute Gasteiger partial charge is 0.410 e. The van der Waals surface area contributed by atoms with Crippen LogP contribution in [0.4, 0.5) is 4.79 Å². The van der Waals surface area contributed by atoms with Gasteiger partial charge in [0.25, 0.3) is 0 Å². The Labute approximate surface area is 166 Å². The molecule has 2 aliphatic rings. The molecule has 3 rings (SSSR count). The number of hydrogen-bond acceptors (Lipinski definition) is 5. The molecule has 2 heterocycles. The number of ether oxygens (including phenoxy) is 3. The molecule has 152 valence electrons. The Bertz CT molecular complexity index is 769. The largest absolute Gasteiger partial charge is 0.486 e. The average Bonchev–Trinajstić information content (AvgIpc) is 2.61. The van der Waals surface area contributed by atoms with Crippen molar-refractivity contribution in [2.75, 3.05) is 19.7 Å². The van der Waals surface area contributed by atoms with Gasteiger partial charge in [0.15, 0.2) is 0 Å². The molecular formula is C22H29NO5. The Kier molecular flexibility index (Phi) is 5.68. The van der Waals surface area contributed by atoms with Gasteiger partial charge in [0.2, 0.25) is 0 Å². The van der Waals surface area contributed by atoms with E-state index >= 15 is 0 Å². The van der Waals surface area contributed by atoms with Gasteiger partial charge >= 0.3 is 12.1 Å². The molecule has 1 aromatic carbocycles. The number of carbonyl (C=O) groups excluding carboxylic acids is 2. The summed E-state index contributed by atoms with van der Waals surface area (Å²) in [5, 5.41) is 0. The van der Waals surface area contributed by atoms with Crippen molar-refractivity contribution in [1.82, 2.24) is 4.90 Å². The summed E-state index contributed by atoms with van der Waals surface area (Å²) in [6, 6.07) is 7.75. The molecule has 0 aromatic heterocycles. The highest BCUT2D eigenvalue weighted by Gasteiger charge is 2.42. The number of para-hydroxylation sites is 1. The van der Waals surface area contributed by atoms with E-state index in [1.807, 2.05) is 45.0 Å². The maximum atomic E-state index is 12.4. The van der Waals surface area contributed by atoms with Crippen molar-refractivity contribution in [3.05, 3.63) is 35.9 Å². The van der Waals surface area contributed by atoms with Crippen molar-refractivity contribution in [2.24, 2.45) is 0 Å². The fourth-order valence-corrected chi connectivity index (χ4v) is 3.69. The van der Waals surface area contributed by atoms with Crippen LogP contribution in [0.15, 0.2) is 30.3 Å². The lowest BCUT2D eigenvalue weighted by atomic mass is 9.80. The summed E-state index contributed by atoms with van der Waals surface area (Å²) in [5.74, 6) is 0.436. The van der Waals surface area contributed by atoms with E-state index in [0.29, 0.717) is 39.0 Å². The third-order valence-corrected chi connectivity index (χ3v) is 4.98. The zero-order valence-corrected chi connectivity index (χ0v) is 17.1. The quantitative estimate of drug-likeness (QED) is 0.562. The lowest BCUT2D eigenvalue weighted by Crippen LogP contribution is -2.51. The van der Waals surface area contributed by atoms with Crippen LogP contribution in [0.1, 0.15) is 52.5 Å². The van der Waals surface area contributed by atoms with E-state index in [-0.39, 0.29) is 12.1 Å². The van der Waals surface area contributed by atoms with Crippen LogP contribution in [0.25, 0.3) is 5.57 Å². The monoisotopic (exact) mass is 387 g/mol. The van der Waals surface area contributed by atoms with Gasteiger partial charge in [-0.25, -0.2) is 9.59 Å². The number of piperidine rings is 1. The molecule has 2 aliphatic heterocycles. The molecule has 1 fully saturated rings. The Balaban J connectivity index is 1.77. The highest BCUT2D eigenvalue weighted by atomic mass is 16.6. The number of fused-ring (bicyclic) bond motifs is 1. The molecule has 1 aromatic rings. The summed E-state index contributed by atoms with van der Waals surface area (Å²) < 4.78 is 17.0. The van der Waals surface area contributed by atoms with E-state index in [4.69, 9.17) is 14.2 Å². The van der Waals surface area contributed by atoms with Crippen molar-refractivity contribution in [1.29, 1.82) is 0 Å². The van der Waals surface area contributed by atoms with E-state index in [1.165, 1.54) is 0 Å². The molecule has 0 N–H and O–H groups in total. The van der Waals surface area contributed by atoms with Crippen molar-refractivity contribution >= 4 is 17.6 Å². The van der Waals surface area contributed by atoms with Crippen LogP contribution in [0.5, 0.6) is 5.75 Å². The van der Waals surface area contributed by atoms with E-state index in [0.717, 1.165) is 16.9 Å². The van der Waals surface area contributed by atoms with Crippen molar-refractivity contribution in [3.8, 4) is 5.75 Å². The second-order valence-electron chi connectivity index (χ2n) is 8.35. The summed E-state index contributed by atoms with van der Waals surface area (Å²) in [7, 11) is 0. The van der Waals surface area contributed by atoms with Crippen LogP contribution in [-0.4, -0.2) is 47.9 Å². The molecular weight excluding hydrogens is 358 g/mol. The number of benzene rings is 1. The maximum absolute atomic E-state index is 12.4. The summed E-state index contributed by atoms with van der Waals surface area (Å²) in [6.45, 7) is 8.85. The second-order valence-corrected chi connectivity index (χ2v) is 8.35. The van der Waals surface area contributed by atoms with Gasteiger partial charge in [0, 0.05) is 44.0 Å². The highest BCUT2D eigenvalue weighted by molar-refractivity contribution is 5.93. The molecule has 0 unspecified atom stereocenters. The number of carbonyl (C=O) groups is 2. The Morgan fingerprint density at radius 1 is 1.21 bits per heavy atom. The number of likely N-dealkylation sites (tertiary alicyclic amines) is 1. The molecule has 6 nitrogen and oxygen atoms in total. The lowest BCUT2D eigenvalue weighted by molar-refractivity contribution is -0.137. The molecule has 0 aliphatic carbocycles.